The first kappa shape index (κ1) is 19.1. The van der Waals surface area contributed by atoms with Gasteiger partial charge in [-0.25, -0.2) is 4.98 Å². The molecule has 138 valence electrons. The lowest BCUT2D eigenvalue weighted by Crippen LogP contribution is -2.29. The summed E-state index contributed by atoms with van der Waals surface area (Å²) in [5.74, 6) is 0.873. The van der Waals surface area contributed by atoms with Crippen molar-refractivity contribution < 1.29 is 14.3 Å². The van der Waals surface area contributed by atoms with Crippen molar-refractivity contribution in [3.63, 3.8) is 0 Å². The van der Waals surface area contributed by atoms with Gasteiger partial charge >= 0.3 is 0 Å². The topological polar surface area (TPSA) is 60.5 Å². The zero-order valence-electron chi connectivity index (χ0n) is 14.8. The van der Waals surface area contributed by atoms with E-state index in [1.807, 2.05) is 54.6 Å². The van der Waals surface area contributed by atoms with Crippen LogP contribution in [0, 0.1) is 0 Å². The summed E-state index contributed by atoms with van der Waals surface area (Å²) in [6.45, 7) is 0.371. The molecule has 27 heavy (non-hydrogen) atoms. The van der Waals surface area contributed by atoms with Crippen LogP contribution in [0.3, 0.4) is 0 Å². The summed E-state index contributed by atoms with van der Waals surface area (Å²) in [4.78, 5) is 16.6. The van der Waals surface area contributed by atoms with Gasteiger partial charge in [0, 0.05) is 30.4 Å². The van der Waals surface area contributed by atoms with E-state index in [4.69, 9.17) is 9.47 Å². The summed E-state index contributed by atoms with van der Waals surface area (Å²) in [5.41, 5.74) is 1.47. The van der Waals surface area contributed by atoms with Crippen molar-refractivity contribution in [3.05, 3.63) is 88.5 Å². The van der Waals surface area contributed by atoms with Crippen LogP contribution in [0.4, 0.5) is 0 Å². The van der Waals surface area contributed by atoms with Crippen LogP contribution in [0.15, 0.2) is 77.4 Å². The van der Waals surface area contributed by atoms with Gasteiger partial charge in [0.25, 0.3) is 5.91 Å². The van der Waals surface area contributed by atoms with Gasteiger partial charge in [0.15, 0.2) is 0 Å². The molecule has 3 rings (SSSR count). The molecule has 1 amide bonds. The highest BCUT2D eigenvalue weighted by molar-refractivity contribution is 9.10. The van der Waals surface area contributed by atoms with Gasteiger partial charge in [0.2, 0.25) is 5.88 Å². The minimum Gasteiger partial charge on any atom is -0.439 e. The summed E-state index contributed by atoms with van der Waals surface area (Å²) in [6.07, 6.45) is 1.29. The molecule has 1 aromatic heterocycles. The minimum absolute atomic E-state index is 0.206. The number of methoxy groups -OCH3 is 1. The first-order chi connectivity index (χ1) is 13.2. The SMILES string of the molecule is COC(CNC(=O)c1ccc(Oc2cccc(Br)c2)nc1)c1ccccc1. The van der Waals surface area contributed by atoms with Crippen molar-refractivity contribution in [2.45, 2.75) is 6.10 Å². The number of rotatable bonds is 7. The Morgan fingerprint density at radius 2 is 1.93 bits per heavy atom. The molecule has 0 saturated carbocycles. The lowest BCUT2D eigenvalue weighted by molar-refractivity contribution is 0.0827. The molecule has 0 aliphatic rings. The first-order valence-corrected chi connectivity index (χ1v) is 9.20. The molecule has 0 fully saturated rings. The van der Waals surface area contributed by atoms with Crippen molar-refractivity contribution in [1.82, 2.24) is 10.3 Å². The Kier molecular flexibility index (Phi) is 6.57. The zero-order valence-corrected chi connectivity index (χ0v) is 16.3. The van der Waals surface area contributed by atoms with Crippen LogP contribution in [0.2, 0.25) is 0 Å². The number of pyridine rings is 1. The molecule has 0 saturated heterocycles. The molecule has 3 aromatic rings. The van der Waals surface area contributed by atoms with E-state index < -0.39 is 0 Å². The van der Waals surface area contributed by atoms with Gasteiger partial charge in [-0.1, -0.05) is 52.3 Å². The third-order valence-corrected chi connectivity index (χ3v) is 4.41. The monoisotopic (exact) mass is 426 g/mol. The zero-order chi connectivity index (χ0) is 19.1. The van der Waals surface area contributed by atoms with Gasteiger partial charge in [-0.15, -0.1) is 0 Å². The molecule has 0 bridgehead atoms. The van der Waals surface area contributed by atoms with E-state index in [1.165, 1.54) is 6.20 Å². The normalized spacial score (nSPS) is 11.6. The summed E-state index contributed by atoms with van der Waals surface area (Å²) in [6, 6.07) is 20.6. The maximum Gasteiger partial charge on any atom is 0.252 e. The predicted octanol–water partition coefficient (Wildman–Crippen LogP) is 4.75. The van der Waals surface area contributed by atoms with E-state index in [-0.39, 0.29) is 12.0 Å². The van der Waals surface area contributed by atoms with Crippen molar-refractivity contribution in [2.24, 2.45) is 0 Å². The number of hydrogen-bond donors (Lipinski definition) is 1. The van der Waals surface area contributed by atoms with Crippen LogP contribution in [-0.4, -0.2) is 24.5 Å². The molecule has 5 nitrogen and oxygen atoms in total. The van der Waals surface area contributed by atoms with Crippen LogP contribution in [-0.2, 0) is 4.74 Å². The number of amides is 1. The molecule has 6 heteroatoms. The van der Waals surface area contributed by atoms with E-state index in [2.05, 4.69) is 26.2 Å². The van der Waals surface area contributed by atoms with Gasteiger partial charge in [0.05, 0.1) is 11.7 Å². The van der Waals surface area contributed by atoms with E-state index in [0.29, 0.717) is 23.7 Å². The number of aromatic nitrogens is 1. The number of halogens is 1. The number of nitrogens with one attached hydrogen (secondary N) is 1. The molecule has 1 heterocycles. The smallest absolute Gasteiger partial charge is 0.252 e. The van der Waals surface area contributed by atoms with Crippen LogP contribution in [0.1, 0.15) is 22.0 Å². The van der Waals surface area contributed by atoms with Gasteiger partial charge in [0.1, 0.15) is 5.75 Å². The van der Waals surface area contributed by atoms with Gasteiger partial charge in [-0.3, -0.25) is 4.79 Å². The molecule has 1 N–H and O–H groups in total. The predicted molar refractivity (Wildman–Crippen MR) is 107 cm³/mol. The highest BCUT2D eigenvalue weighted by Crippen LogP contribution is 2.23. The minimum atomic E-state index is -0.213. The molecule has 0 spiro atoms. The van der Waals surface area contributed by atoms with Gasteiger partial charge < -0.3 is 14.8 Å². The largest absolute Gasteiger partial charge is 0.439 e. The standard InChI is InChI=1S/C21H19BrN2O3/c1-26-19(15-6-3-2-4-7-15)14-24-21(25)16-10-11-20(23-13-16)27-18-9-5-8-17(22)12-18/h2-13,19H,14H2,1H3,(H,24,25). The fourth-order valence-corrected chi connectivity index (χ4v) is 2.90. The quantitative estimate of drug-likeness (QED) is 0.591. The van der Waals surface area contributed by atoms with Crippen molar-refractivity contribution in [1.29, 1.82) is 0 Å². The van der Waals surface area contributed by atoms with Crippen LogP contribution >= 0.6 is 15.9 Å². The third kappa shape index (κ3) is 5.39. The van der Waals surface area contributed by atoms with Crippen molar-refractivity contribution in [2.75, 3.05) is 13.7 Å². The first-order valence-electron chi connectivity index (χ1n) is 8.41. The Balaban J connectivity index is 1.58. The molecule has 2 aromatic carbocycles. The fraction of sp³-hybridized carbons (Fsp3) is 0.143. The molecular weight excluding hydrogens is 408 g/mol. The second-order valence-corrected chi connectivity index (χ2v) is 6.71. The number of carbonyl (C=O) groups excluding carboxylic acids is 1. The van der Waals surface area contributed by atoms with E-state index in [0.717, 1.165) is 10.0 Å². The third-order valence-electron chi connectivity index (χ3n) is 3.92. The Bertz CT molecular complexity index is 885. The summed E-state index contributed by atoms with van der Waals surface area (Å²) < 4.78 is 12.1. The second kappa shape index (κ2) is 9.30. The number of carbonyl (C=O) groups is 1. The molecule has 1 atom stereocenters. The van der Waals surface area contributed by atoms with Crippen LogP contribution < -0.4 is 10.1 Å². The number of ether oxygens (including phenoxy) is 2. The maximum atomic E-state index is 12.4. The van der Waals surface area contributed by atoms with E-state index in [1.54, 1.807) is 19.2 Å². The Labute approximate surface area is 166 Å². The molecular formula is C21H19BrN2O3. The highest BCUT2D eigenvalue weighted by Gasteiger charge is 2.13. The molecule has 0 aliphatic heterocycles. The summed E-state index contributed by atoms with van der Waals surface area (Å²) in [5, 5.41) is 2.87. The Morgan fingerprint density at radius 1 is 1.11 bits per heavy atom. The second-order valence-electron chi connectivity index (χ2n) is 5.79. The highest BCUT2D eigenvalue weighted by atomic mass is 79.9. The Hall–Kier alpha value is -2.70. The Morgan fingerprint density at radius 3 is 2.59 bits per heavy atom. The van der Waals surface area contributed by atoms with Crippen LogP contribution in [0.25, 0.3) is 0 Å². The lowest BCUT2D eigenvalue weighted by Gasteiger charge is -2.16. The van der Waals surface area contributed by atoms with Gasteiger partial charge in [-0.05, 0) is 29.8 Å². The number of benzene rings is 2. The van der Waals surface area contributed by atoms with Crippen molar-refractivity contribution >= 4 is 21.8 Å². The van der Waals surface area contributed by atoms with E-state index in [9.17, 15) is 4.79 Å². The molecule has 0 aliphatic carbocycles. The number of nitrogens with zero attached hydrogens (tertiary/aromatic N) is 1. The summed E-state index contributed by atoms with van der Waals surface area (Å²) >= 11 is 3.39. The molecule has 1 unspecified atom stereocenters. The maximum absolute atomic E-state index is 12.4. The molecule has 0 radical (unpaired) electrons. The van der Waals surface area contributed by atoms with Gasteiger partial charge in [-0.2, -0.15) is 0 Å². The number of hydrogen-bond acceptors (Lipinski definition) is 4. The summed E-state index contributed by atoms with van der Waals surface area (Å²) in [7, 11) is 1.62. The van der Waals surface area contributed by atoms with Crippen LogP contribution in [0.5, 0.6) is 11.6 Å². The lowest BCUT2D eigenvalue weighted by atomic mass is 10.1. The van der Waals surface area contributed by atoms with Crippen molar-refractivity contribution in [3.8, 4) is 11.6 Å². The average Bonchev–Trinajstić information content (AvgIpc) is 2.70. The average molecular weight is 427 g/mol. The fourth-order valence-electron chi connectivity index (χ4n) is 2.52. The van der Waals surface area contributed by atoms with E-state index >= 15 is 0 Å².